The number of aryl methyl sites for hydroxylation is 2. The molecule has 6 heteroatoms. The molecule has 0 aliphatic rings. The summed E-state index contributed by atoms with van der Waals surface area (Å²) >= 11 is 0. The Labute approximate surface area is 175 Å². The fraction of sp³-hybridized carbons (Fsp3) is 0.208. The number of carbonyl (C=O) groups excluding carboxylic acids is 1. The number of rotatable bonds is 5. The van der Waals surface area contributed by atoms with E-state index in [0.717, 1.165) is 28.1 Å². The summed E-state index contributed by atoms with van der Waals surface area (Å²) in [5, 5.41) is 9.25. The zero-order valence-corrected chi connectivity index (χ0v) is 17.6. The van der Waals surface area contributed by atoms with Crippen LogP contribution >= 0.6 is 0 Å². The molecule has 4 aromatic rings. The molecule has 0 amide bonds. The van der Waals surface area contributed by atoms with Gasteiger partial charge in [0.05, 0.1) is 18.5 Å². The van der Waals surface area contributed by atoms with Gasteiger partial charge in [-0.25, -0.2) is 9.48 Å². The molecule has 2 aromatic carbocycles. The van der Waals surface area contributed by atoms with Crippen molar-refractivity contribution in [1.29, 1.82) is 0 Å². The second-order valence-corrected chi connectivity index (χ2v) is 7.43. The fourth-order valence-electron chi connectivity index (χ4n) is 3.51. The number of aromatic nitrogens is 4. The van der Waals surface area contributed by atoms with Crippen LogP contribution in [0.2, 0.25) is 0 Å². The van der Waals surface area contributed by atoms with E-state index in [1.165, 1.54) is 18.2 Å². The van der Waals surface area contributed by atoms with Gasteiger partial charge in [0, 0.05) is 22.9 Å². The van der Waals surface area contributed by atoms with Crippen molar-refractivity contribution >= 4 is 5.97 Å². The van der Waals surface area contributed by atoms with Crippen LogP contribution in [0, 0.1) is 20.8 Å². The molecule has 6 nitrogen and oxygen atoms in total. The lowest BCUT2D eigenvalue weighted by atomic mass is 10.0. The van der Waals surface area contributed by atoms with E-state index in [-0.39, 0.29) is 5.69 Å². The van der Waals surface area contributed by atoms with Crippen molar-refractivity contribution < 1.29 is 9.53 Å². The normalized spacial score (nSPS) is 10.9. The average molecular weight is 400 g/mol. The Hall–Kier alpha value is -3.67. The van der Waals surface area contributed by atoms with Crippen LogP contribution in [-0.2, 0) is 11.4 Å². The minimum Gasteiger partial charge on any atom is -0.464 e. The van der Waals surface area contributed by atoms with Gasteiger partial charge in [-0.15, -0.1) is 0 Å². The highest BCUT2D eigenvalue weighted by Crippen LogP contribution is 2.32. The third-order valence-electron chi connectivity index (χ3n) is 5.15. The smallest absolute Gasteiger partial charge is 0.358 e. The van der Waals surface area contributed by atoms with Crippen molar-refractivity contribution in [2.45, 2.75) is 27.4 Å². The van der Waals surface area contributed by atoms with E-state index in [1.54, 1.807) is 16.9 Å². The second-order valence-electron chi connectivity index (χ2n) is 7.43. The first-order valence-corrected chi connectivity index (χ1v) is 9.79. The van der Waals surface area contributed by atoms with Gasteiger partial charge >= 0.3 is 5.97 Å². The number of benzene rings is 2. The molecule has 0 aliphatic carbocycles. The molecule has 0 aliphatic heterocycles. The number of ether oxygens (including phenoxy) is 1. The summed E-state index contributed by atoms with van der Waals surface area (Å²) < 4.78 is 8.38. The van der Waals surface area contributed by atoms with Gasteiger partial charge in [0.25, 0.3) is 0 Å². The molecule has 0 fully saturated rings. The van der Waals surface area contributed by atoms with Crippen LogP contribution in [0.1, 0.15) is 27.2 Å². The molecule has 2 heterocycles. The van der Waals surface area contributed by atoms with Gasteiger partial charge < -0.3 is 4.74 Å². The molecular weight excluding hydrogens is 376 g/mol. The van der Waals surface area contributed by atoms with Crippen molar-refractivity contribution in [2.75, 3.05) is 7.11 Å². The quantitative estimate of drug-likeness (QED) is 0.458. The van der Waals surface area contributed by atoms with Gasteiger partial charge in [-0.05, 0) is 26.8 Å². The lowest BCUT2D eigenvalue weighted by molar-refractivity contribution is 0.0593. The number of esters is 1. The van der Waals surface area contributed by atoms with E-state index in [4.69, 9.17) is 9.84 Å². The van der Waals surface area contributed by atoms with Crippen LogP contribution in [-0.4, -0.2) is 32.6 Å². The molecule has 30 heavy (non-hydrogen) atoms. The molecule has 2 aromatic heterocycles. The van der Waals surface area contributed by atoms with Crippen LogP contribution < -0.4 is 0 Å². The van der Waals surface area contributed by atoms with Crippen LogP contribution in [0.5, 0.6) is 0 Å². The van der Waals surface area contributed by atoms with Crippen molar-refractivity contribution in [2.24, 2.45) is 0 Å². The first kappa shape index (κ1) is 19.6. The van der Waals surface area contributed by atoms with E-state index < -0.39 is 5.97 Å². The first-order valence-electron chi connectivity index (χ1n) is 9.79. The van der Waals surface area contributed by atoms with Gasteiger partial charge in [-0.1, -0.05) is 59.7 Å². The Balaban J connectivity index is 1.80. The van der Waals surface area contributed by atoms with Gasteiger partial charge in [-0.2, -0.15) is 10.2 Å². The highest BCUT2D eigenvalue weighted by atomic mass is 16.5. The highest BCUT2D eigenvalue weighted by Gasteiger charge is 2.18. The molecule has 152 valence electrons. The van der Waals surface area contributed by atoms with Crippen molar-refractivity contribution in [3.05, 3.63) is 83.2 Å². The number of carbonyl (C=O) groups is 1. The number of hydrogen-bond donors (Lipinski definition) is 0. The number of methoxy groups -OCH3 is 1. The predicted octanol–water partition coefficient (Wildman–Crippen LogP) is 4.63. The Bertz CT molecular complexity index is 1190. The highest BCUT2D eigenvalue weighted by molar-refractivity contribution is 5.86. The maximum absolute atomic E-state index is 11.7. The molecule has 0 spiro atoms. The summed E-state index contributed by atoms with van der Waals surface area (Å²) in [6.07, 6.45) is 1.76. The third-order valence-corrected chi connectivity index (χ3v) is 5.15. The van der Waals surface area contributed by atoms with Gasteiger partial charge in [0.15, 0.2) is 5.69 Å². The van der Waals surface area contributed by atoms with Crippen molar-refractivity contribution in [1.82, 2.24) is 19.6 Å². The largest absolute Gasteiger partial charge is 0.464 e. The molecule has 4 rings (SSSR count). The SMILES string of the molecule is COC(=O)c1ccn(Cn2nc(-c3ccc(C)cc3)c(C)c2-c2ccc(C)cc2)n1. The second kappa shape index (κ2) is 7.99. The Morgan fingerprint density at radius 3 is 2.07 bits per heavy atom. The van der Waals surface area contributed by atoms with E-state index in [1.807, 2.05) is 4.68 Å². The number of nitrogens with zero attached hydrogens (tertiary/aromatic N) is 4. The Kier molecular flexibility index (Phi) is 5.23. The minimum absolute atomic E-state index is 0.275. The first-order chi connectivity index (χ1) is 14.5. The maximum Gasteiger partial charge on any atom is 0.358 e. The molecule has 0 saturated carbocycles. The summed E-state index contributed by atoms with van der Waals surface area (Å²) in [6, 6.07) is 18.4. The molecule has 0 bridgehead atoms. The predicted molar refractivity (Wildman–Crippen MR) is 116 cm³/mol. The summed E-state index contributed by atoms with van der Waals surface area (Å²) in [5.74, 6) is -0.454. The molecule has 0 N–H and O–H groups in total. The number of hydrogen-bond acceptors (Lipinski definition) is 4. The molecule has 0 atom stereocenters. The van der Waals surface area contributed by atoms with E-state index in [9.17, 15) is 4.79 Å². The van der Waals surface area contributed by atoms with Crippen LogP contribution in [0.3, 0.4) is 0 Å². The molecular formula is C24H24N4O2. The van der Waals surface area contributed by atoms with Gasteiger partial charge in [0.1, 0.15) is 6.67 Å². The molecule has 0 unspecified atom stereocenters. The lowest BCUT2D eigenvalue weighted by Crippen LogP contribution is -2.13. The standard InChI is InChI=1S/C24H24N4O2/c1-16-5-9-19(10-6-16)22-18(3)23(20-11-7-17(2)8-12-20)28(26-22)15-27-14-13-21(25-27)24(29)30-4/h5-14H,15H2,1-4H3. The zero-order valence-electron chi connectivity index (χ0n) is 17.6. The van der Waals surface area contributed by atoms with Gasteiger partial charge in [-0.3, -0.25) is 4.68 Å². The summed E-state index contributed by atoms with van der Waals surface area (Å²) in [4.78, 5) is 11.7. The summed E-state index contributed by atoms with van der Waals surface area (Å²) in [6.45, 7) is 6.62. The summed E-state index contributed by atoms with van der Waals surface area (Å²) in [5.41, 5.74) is 7.91. The third kappa shape index (κ3) is 3.76. The molecule has 0 saturated heterocycles. The van der Waals surface area contributed by atoms with Gasteiger partial charge in [0.2, 0.25) is 0 Å². The van der Waals surface area contributed by atoms with Crippen molar-refractivity contribution in [3.63, 3.8) is 0 Å². The van der Waals surface area contributed by atoms with Crippen LogP contribution in [0.15, 0.2) is 60.8 Å². The zero-order chi connectivity index (χ0) is 21.3. The Morgan fingerprint density at radius 1 is 0.867 bits per heavy atom. The monoisotopic (exact) mass is 400 g/mol. The minimum atomic E-state index is -0.454. The van der Waals surface area contributed by atoms with Crippen molar-refractivity contribution in [3.8, 4) is 22.5 Å². The summed E-state index contributed by atoms with van der Waals surface area (Å²) in [7, 11) is 1.35. The fourth-order valence-corrected chi connectivity index (χ4v) is 3.51. The molecule has 0 radical (unpaired) electrons. The van der Waals surface area contributed by atoms with Crippen LogP contribution in [0.4, 0.5) is 0 Å². The topological polar surface area (TPSA) is 61.9 Å². The maximum atomic E-state index is 11.7. The van der Waals surface area contributed by atoms with E-state index in [2.05, 4.69) is 74.4 Å². The van der Waals surface area contributed by atoms with Crippen LogP contribution in [0.25, 0.3) is 22.5 Å². The van der Waals surface area contributed by atoms with E-state index >= 15 is 0 Å². The Morgan fingerprint density at radius 2 is 1.47 bits per heavy atom. The average Bonchev–Trinajstić information content (AvgIpc) is 3.34. The van der Waals surface area contributed by atoms with E-state index in [0.29, 0.717) is 6.67 Å². The lowest BCUT2D eigenvalue weighted by Gasteiger charge is -2.09.